The van der Waals surface area contributed by atoms with Crippen molar-refractivity contribution in [3.05, 3.63) is 31.9 Å². The van der Waals surface area contributed by atoms with Crippen molar-refractivity contribution >= 4 is 29.1 Å². The van der Waals surface area contributed by atoms with Gasteiger partial charge in [0.25, 0.3) is 0 Å². The molecule has 0 spiro atoms. The fourth-order valence-corrected chi connectivity index (χ4v) is 2.16. The third-order valence-electron chi connectivity index (χ3n) is 1.96. The summed E-state index contributed by atoms with van der Waals surface area (Å²) >= 11 is 0.873. The molecule has 8 nitrogen and oxygen atoms in total. The van der Waals surface area contributed by atoms with Crippen molar-refractivity contribution in [1.82, 2.24) is 0 Å². The monoisotopic (exact) mass is 242 g/mol. The van der Waals surface area contributed by atoms with Crippen LogP contribution in [-0.4, -0.2) is 20.9 Å². The van der Waals surface area contributed by atoms with Crippen LogP contribution in [0.25, 0.3) is 0 Å². The van der Waals surface area contributed by atoms with E-state index in [2.05, 4.69) is 0 Å². The number of aromatic carboxylic acids is 1. The predicted molar refractivity (Wildman–Crippen MR) is 50.8 cm³/mol. The predicted octanol–water partition coefficient (Wildman–Crippen LogP) is 1.67. The molecule has 0 bridgehead atoms. The SMILES string of the molecule is O=C(O)c1cc([N+](=O)[O-])c([N+](=O)[O-])c2c1S2. The molecule has 0 unspecified atom stereocenters. The molecule has 1 aliphatic heterocycles. The summed E-state index contributed by atoms with van der Waals surface area (Å²) < 4.78 is 0. The summed E-state index contributed by atoms with van der Waals surface area (Å²) in [4.78, 5) is 30.3. The van der Waals surface area contributed by atoms with Gasteiger partial charge in [-0.15, -0.1) is 0 Å². The van der Waals surface area contributed by atoms with Gasteiger partial charge < -0.3 is 5.11 Å². The average Bonchev–Trinajstić information content (AvgIpc) is 2.92. The maximum absolute atomic E-state index is 10.7. The molecule has 1 heterocycles. The van der Waals surface area contributed by atoms with Gasteiger partial charge in [-0.3, -0.25) is 20.2 Å². The van der Waals surface area contributed by atoms with Gasteiger partial charge in [0, 0.05) is 11.0 Å². The normalized spacial score (nSPS) is 11.8. The number of nitro groups is 2. The molecule has 0 saturated carbocycles. The van der Waals surface area contributed by atoms with Crippen LogP contribution in [0, 0.1) is 20.2 Å². The Hall–Kier alpha value is -2.16. The first-order valence-electron chi connectivity index (χ1n) is 3.84. The van der Waals surface area contributed by atoms with Crippen molar-refractivity contribution in [3.8, 4) is 0 Å². The molecule has 0 radical (unpaired) electrons. The highest BCUT2D eigenvalue weighted by Gasteiger charge is 2.43. The molecule has 1 aromatic rings. The van der Waals surface area contributed by atoms with Crippen molar-refractivity contribution in [2.45, 2.75) is 9.79 Å². The second kappa shape index (κ2) is 3.17. The zero-order valence-corrected chi connectivity index (χ0v) is 8.18. The highest BCUT2D eigenvalue weighted by atomic mass is 32.2. The number of carboxylic acid groups (broad SMARTS) is 1. The summed E-state index contributed by atoms with van der Waals surface area (Å²) in [6.45, 7) is 0. The van der Waals surface area contributed by atoms with Crippen molar-refractivity contribution < 1.29 is 19.7 Å². The molecule has 1 aliphatic rings. The molecule has 9 heteroatoms. The van der Waals surface area contributed by atoms with E-state index in [1.807, 2.05) is 0 Å². The number of nitrogens with zero attached hydrogens (tertiary/aromatic N) is 2. The Morgan fingerprint density at radius 2 is 1.88 bits per heavy atom. The quantitative estimate of drug-likeness (QED) is 0.493. The summed E-state index contributed by atoms with van der Waals surface area (Å²) in [5.74, 6) is -1.33. The van der Waals surface area contributed by atoms with Gasteiger partial charge in [0.15, 0.2) is 0 Å². The van der Waals surface area contributed by atoms with Crippen LogP contribution < -0.4 is 0 Å². The molecular formula is C7H2N2O6S. The van der Waals surface area contributed by atoms with Crippen LogP contribution in [0.4, 0.5) is 11.4 Å². The Balaban J connectivity index is 2.72. The first-order valence-corrected chi connectivity index (χ1v) is 4.66. The molecule has 0 atom stereocenters. The minimum absolute atomic E-state index is 0.0663. The Labute approximate surface area is 91.2 Å². The fraction of sp³-hybridized carbons (Fsp3) is 0. The van der Waals surface area contributed by atoms with Crippen molar-refractivity contribution in [1.29, 1.82) is 0 Å². The second-order valence-corrected chi connectivity index (χ2v) is 3.89. The molecule has 0 amide bonds. The summed E-state index contributed by atoms with van der Waals surface area (Å²) in [5, 5.41) is 29.9. The van der Waals surface area contributed by atoms with Crippen molar-refractivity contribution in [3.63, 3.8) is 0 Å². The summed E-state index contributed by atoms with van der Waals surface area (Å²) in [6.07, 6.45) is 0. The Bertz CT molecular complexity index is 554. The van der Waals surface area contributed by atoms with Crippen molar-refractivity contribution in [2.24, 2.45) is 0 Å². The number of nitro benzene ring substituents is 2. The maximum atomic E-state index is 10.7. The van der Waals surface area contributed by atoms with E-state index in [1.54, 1.807) is 0 Å². The van der Waals surface area contributed by atoms with Gasteiger partial charge in [-0.05, 0) is 0 Å². The van der Waals surface area contributed by atoms with E-state index >= 15 is 0 Å². The first-order chi connectivity index (χ1) is 7.43. The van der Waals surface area contributed by atoms with E-state index in [-0.39, 0.29) is 15.4 Å². The van der Waals surface area contributed by atoms with Crippen molar-refractivity contribution in [2.75, 3.05) is 0 Å². The lowest BCUT2D eigenvalue weighted by Gasteiger charge is -1.94. The van der Waals surface area contributed by atoms with Crippen LogP contribution >= 0.6 is 11.8 Å². The number of hydrogen-bond acceptors (Lipinski definition) is 6. The smallest absolute Gasteiger partial charge is 0.360 e. The molecule has 82 valence electrons. The van der Waals surface area contributed by atoms with Gasteiger partial charge in [0.1, 0.15) is 4.90 Å². The van der Waals surface area contributed by atoms with E-state index in [9.17, 15) is 25.0 Å². The van der Waals surface area contributed by atoms with Crippen LogP contribution in [0.1, 0.15) is 10.4 Å². The number of benzene rings is 1. The number of hydrogen-bond donors (Lipinski definition) is 1. The highest BCUT2D eigenvalue weighted by molar-refractivity contribution is 8.05. The minimum Gasteiger partial charge on any atom is -0.478 e. The number of rotatable bonds is 3. The summed E-state index contributed by atoms with van der Waals surface area (Å²) in [6, 6.07) is 0.722. The van der Waals surface area contributed by atoms with Gasteiger partial charge in [0.2, 0.25) is 0 Å². The first kappa shape index (κ1) is 10.4. The van der Waals surface area contributed by atoms with E-state index in [4.69, 9.17) is 5.11 Å². The van der Waals surface area contributed by atoms with E-state index < -0.39 is 27.2 Å². The molecule has 0 saturated heterocycles. The third kappa shape index (κ3) is 1.37. The Kier molecular flexibility index (Phi) is 2.05. The Morgan fingerprint density at radius 3 is 2.31 bits per heavy atom. The molecule has 0 aliphatic carbocycles. The fourth-order valence-electron chi connectivity index (χ4n) is 1.27. The molecule has 16 heavy (non-hydrogen) atoms. The lowest BCUT2D eigenvalue weighted by atomic mass is 10.2. The van der Waals surface area contributed by atoms with E-state index in [0.717, 1.165) is 17.8 Å². The van der Waals surface area contributed by atoms with Gasteiger partial charge in [-0.25, -0.2) is 4.79 Å². The van der Waals surface area contributed by atoms with Crippen LogP contribution in [-0.2, 0) is 0 Å². The van der Waals surface area contributed by atoms with E-state index in [0.29, 0.717) is 0 Å². The van der Waals surface area contributed by atoms with Gasteiger partial charge >= 0.3 is 17.3 Å². The lowest BCUT2D eigenvalue weighted by molar-refractivity contribution is -0.424. The van der Waals surface area contributed by atoms with Crippen LogP contribution in [0.15, 0.2) is 15.9 Å². The lowest BCUT2D eigenvalue weighted by Crippen LogP contribution is -2.01. The van der Waals surface area contributed by atoms with Crippen LogP contribution in [0.3, 0.4) is 0 Å². The van der Waals surface area contributed by atoms with E-state index in [1.165, 1.54) is 0 Å². The average molecular weight is 242 g/mol. The highest BCUT2D eigenvalue weighted by Crippen LogP contribution is 2.58. The molecule has 0 aromatic heterocycles. The van der Waals surface area contributed by atoms with Crippen LogP contribution in [0.5, 0.6) is 0 Å². The van der Waals surface area contributed by atoms with Gasteiger partial charge in [-0.2, -0.15) is 0 Å². The topological polar surface area (TPSA) is 124 Å². The van der Waals surface area contributed by atoms with Gasteiger partial charge in [-0.1, -0.05) is 11.8 Å². The second-order valence-electron chi connectivity index (χ2n) is 2.87. The van der Waals surface area contributed by atoms with Gasteiger partial charge in [0.05, 0.1) is 15.4 Å². The molecule has 1 aromatic carbocycles. The number of carboxylic acids is 1. The number of carbonyl (C=O) groups is 1. The summed E-state index contributed by atoms with van der Waals surface area (Å²) in [7, 11) is 0. The molecule has 0 fully saturated rings. The standard InChI is InChI=1S/C7H2N2O6S/c10-7(11)2-1-3(8(12)13)4(9(14)15)6-5(2)16-6/h1H,(H,10,11). The maximum Gasteiger partial charge on any atom is 0.360 e. The Morgan fingerprint density at radius 1 is 1.25 bits per heavy atom. The zero-order chi connectivity index (χ0) is 12.0. The zero-order valence-electron chi connectivity index (χ0n) is 7.37. The largest absolute Gasteiger partial charge is 0.478 e. The minimum atomic E-state index is -1.33. The molecule has 1 N–H and O–H groups in total. The summed E-state index contributed by atoms with van der Waals surface area (Å²) in [5.41, 5.74) is -1.68. The molecular weight excluding hydrogens is 240 g/mol. The third-order valence-corrected chi connectivity index (χ3v) is 2.99. The van der Waals surface area contributed by atoms with Crippen LogP contribution in [0.2, 0.25) is 0 Å². The number of fused-ring (bicyclic) bond motifs is 1. The molecule has 2 rings (SSSR count).